The van der Waals surface area contributed by atoms with Crippen LogP contribution in [0.25, 0.3) is 0 Å². The fraction of sp³-hybridized carbons (Fsp3) is 0.385. The van der Waals surface area contributed by atoms with Gasteiger partial charge in [-0.15, -0.1) is 0 Å². The molecule has 2 amide bonds. The molecule has 0 fully saturated rings. The van der Waals surface area contributed by atoms with Crippen LogP contribution in [0.15, 0.2) is 23.4 Å². The van der Waals surface area contributed by atoms with Crippen LogP contribution in [0.4, 0.5) is 9.18 Å². The highest BCUT2D eigenvalue weighted by Gasteiger charge is 2.07. The molecule has 0 aliphatic heterocycles. The van der Waals surface area contributed by atoms with Crippen molar-refractivity contribution in [3.05, 3.63) is 35.1 Å². The number of hydrogen-bond donors (Lipinski definition) is 4. The van der Waals surface area contributed by atoms with Gasteiger partial charge in [-0.1, -0.05) is 30.6 Å². The van der Waals surface area contributed by atoms with Gasteiger partial charge in [0.2, 0.25) is 0 Å². The smallest absolute Gasteiger partial charge is 0.315 e. The minimum atomic E-state index is -0.525. The lowest BCUT2D eigenvalue weighted by atomic mass is 10.1. The Kier molecular flexibility index (Phi) is 6.28. The summed E-state index contributed by atoms with van der Waals surface area (Å²) in [5.74, 6) is -0.691. The summed E-state index contributed by atoms with van der Waals surface area (Å²) in [6.45, 7) is 2.69. The van der Waals surface area contributed by atoms with Crippen molar-refractivity contribution in [3.63, 3.8) is 0 Å². The van der Waals surface area contributed by atoms with Gasteiger partial charge >= 0.3 is 6.03 Å². The first-order chi connectivity index (χ1) is 9.58. The normalized spacial score (nSPS) is 11.2. The van der Waals surface area contributed by atoms with Gasteiger partial charge in [0.25, 0.3) is 0 Å². The van der Waals surface area contributed by atoms with Crippen molar-refractivity contribution in [2.24, 2.45) is 10.9 Å². The fourth-order valence-corrected chi connectivity index (χ4v) is 1.52. The molecule has 6 nitrogen and oxygen atoms in total. The van der Waals surface area contributed by atoms with E-state index in [0.29, 0.717) is 12.1 Å². The zero-order chi connectivity index (χ0) is 15.0. The van der Waals surface area contributed by atoms with E-state index in [-0.39, 0.29) is 24.0 Å². The fourth-order valence-electron chi connectivity index (χ4n) is 1.52. The average molecular weight is 282 g/mol. The third-order valence-corrected chi connectivity index (χ3v) is 2.71. The van der Waals surface area contributed by atoms with Gasteiger partial charge in [-0.2, -0.15) is 0 Å². The van der Waals surface area contributed by atoms with Gasteiger partial charge in [-0.25, -0.2) is 9.18 Å². The number of rotatable bonds is 6. The Bertz CT molecular complexity index is 491. The van der Waals surface area contributed by atoms with Crippen LogP contribution in [0.2, 0.25) is 0 Å². The number of benzene rings is 1. The van der Waals surface area contributed by atoms with Crippen LogP contribution < -0.4 is 16.4 Å². The third kappa shape index (κ3) is 4.75. The molecular formula is C13H19FN4O2. The Hall–Kier alpha value is -2.31. The van der Waals surface area contributed by atoms with Crippen molar-refractivity contribution >= 4 is 11.9 Å². The van der Waals surface area contributed by atoms with Gasteiger partial charge in [0.1, 0.15) is 5.82 Å². The van der Waals surface area contributed by atoms with E-state index < -0.39 is 5.82 Å². The van der Waals surface area contributed by atoms with E-state index in [1.165, 1.54) is 12.1 Å². The monoisotopic (exact) mass is 282 g/mol. The summed E-state index contributed by atoms with van der Waals surface area (Å²) in [5, 5.41) is 16.5. The molecule has 0 unspecified atom stereocenters. The molecule has 20 heavy (non-hydrogen) atoms. The number of oxime groups is 1. The Balaban J connectivity index is 2.54. The Morgan fingerprint density at radius 1 is 1.45 bits per heavy atom. The first kappa shape index (κ1) is 15.7. The van der Waals surface area contributed by atoms with Crippen LogP contribution in [0, 0.1) is 5.82 Å². The second kappa shape index (κ2) is 7.98. The second-order valence-electron chi connectivity index (χ2n) is 4.25. The molecule has 1 aromatic carbocycles. The van der Waals surface area contributed by atoms with Gasteiger partial charge in [0, 0.05) is 24.2 Å². The number of urea groups is 1. The van der Waals surface area contributed by atoms with Crippen LogP contribution in [-0.2, 0) is 6.54 Å². The van der Waals surface area contributed by atoms with Gasteiger partial charge in [-0.3, -0.25) is 0 Å². The zero-order valence-corrected chi connectivity index (χ0v) is 11.3. The van der Waals surface area contributed by atoms with E-state index in [0.717, 1.165) is 18.9 Å². The molecular weight excluding hydrogens is 263 g/mol. The van der Waals surface area contributed by atoms with Gasteiger partial charge in [0.05, 0.1) is 0 Å². The van der Waals surface area contributed by atoms with Gasteiger partial charge < -0.3 is 21.6 Å². The molecule has 0 saturated carbocycles. The molecule has 0 bridgehead atoms. The van der Waals surface area contributed by atoms with Crippen LogP contribution in [0.1, 0.15) is 30.9 Å². The molecule has 5 N–H and O–H groups in total. The summed E-state index contributed by atoms with van der Waals surface area (Å²) in [4.78, 5) is 11.4. The van der Waals surface area contributed by atoms with Crippen LogP contribution in [-0.4, -0.2) is 23.6 Å². The molecule has 0 aromatic heterocycles. The Morgan fingerprint density at radius 2 is 2.20 bits per heavy atom. The highest BCUT2D eigenvalue weighted by atomic mass is 19.1. The van der Waals surface area contributed by atoms with E-state index >= 15 is 0 Å². The lowest BCUT2D eigenvalue weighted by Crippen LogP contribution is -2.35. The summed E-state index contributed by atoms with van der Waals surface area (Å²) in [5.41, 5.74) is 5.96. The molecule has 0 aliphatic carbocycles. The van der Waals surface area contributed by atoms with Crippen LogP contribution in [0.5, 0.6) is 0 Å². The highest BCUT2D eigenvalue weighted by molar-refractivity contribution is 5.97. The highest BCUT2D eigenvalue weighted by Crippen LogP contribution is 2.10. The molecule has 0 atom stereocenters. The molecule has 0 heterocycles. The summed E-state index contributed by atoms with van der Waals surface area (Å²) < 4.78 is 13.7. The summed E-state index contributed by atoms with van der Waals surface area (Å²) in [6.07, 6.45) is 1.89. The number of carbonyl (C=O) groups excluding carboxylic acids is 1. The quantitative estimate of drug-likeness (QED) is 0.209. The van der Waals surface area contributed by atoms with Gasteiger partial charge in [0.15, 0.2) is 5.84 Å². The summed E-state index contributed by atoms with van der Waals surface area (Å²) >= 11 is 0. The largest absolute Gasteiger partial charge is 0.409 e. The van der Waals surface area contributed by atoms with Crippen molar-refractivity contribution in [2.45, 2.75) is 26.3 Å². The van der Waals surface area contributed by atoms with E-state index in [1.54, 1.807) is 0 Å². The van der Waals surface area contributed by atoms with E-state index in [9.17, 15) is 9.18 Å². The van der Waals surface area contributed by atoms with E-state index in [4.69, 9.17) is 10.9 Å². The third-order valence-electron chi connectivity index (χ3n) is 2.71. The van der Waals surface area contributed by atoms with Gasteiger partial charge in [-0.05, 0) is 12.5 Å². The lowest BCUT2D eigenvalue weighted by molar-refractivity contribution is 0.240. The average Bonchev–Trinajstić information content (AvgIpc) is 2.45. The maximum absolute atomic E-state index is 13.7. The van der Waals surface area contributed by atoms with Crippen molar-refractivity contribution in [1.29, 1.82) is 0 Å². The predicted octanol–water partition coefficient (Wildman–Crippen LogP) is 1.52. The molecule has 0 aliphatic rings. The van der Waals surface area contributed by atoms with Crippen molar-refractivity contribution in [2.75, 3.05) is 6.54 Å². The van der Waals surface area contributed by atoms with Crippen LogP contribution in [0.3, 0.4) is 0 Å². The first-order valence-corrected chi connectivity index (χ1v) is 6.36. The number of nitrogens with two attached hydrogens (primary N) is 1. The maximum Gasteiger partial charge on any atom is 0.315 e. The van der Waals surface area contributed by atoms with Crippen molar-refractivity contribution in [3.8, 4) is 0 Å². The maximum atomic E-state index is 13.7. The minimum absolute atomic E-state index is 0.0697. The topological polar surface area (TPSA) is 99.7 Å². The lowest BCUT2D eigenvalue weighted by Gasteiger charge is -2.08. The molecule has 0 saturated heterocycles. The number of halogens is 1. The SMILES string of the molecule is CCCCNC(=O)NCc1ccc(C(N)=NO)cc1F. The van der Waals surface area contributed by atoms with Crippen LogP contribution >= 0.6 is 0 Å². The standard InChI is InChI=1S/C13H19FN4O2/c1-2-3-6-16-13(19)17-8-10-5-4-9(7-11(10)14)12(15)18-20/h4-5,7,20H,2-3,6,8H2,1H3,(H2,15,18)(H2,16,17,19). The number of nitrogens with one attached hydrogen (secondary N) is 2. The summed E-state index contributed by atoms with van der Waals surface area (Å²) in [6, 6.07) is 3.82. The predicted molar refractivity (Wildman–Crippen MR) is 74.1 cm³/mol. The zero-order valence-electron chi connectivity index (χ0n) is 11.3. The molecule has 1 rings (SSSR count). The minimum Gasteiger partial charge on any atom is -0.409 e. The molecule has 0 radical (unpaired) electrons. The number of carbonyl (C=O) groups is 1. The molecule has 7 heteroatoms. The Labute approximate surface area is 116 Å². The second-order valence-corrected chi connectivity index (χ2v) is 4.25. The first-order valence-electron chi connectivity index (χ1n) is 6.36. The Morgan fingerprint density at radius 3 is 2.80 bits per heavy atom. The van der Waals surface area contributed by atoms with E-state index in [1.807, 2.05) is 6.92 Å². The number of amides is 2. The van der Waals surface area contributed by atoms with Crippen molar-refractivity contribution in [1.82, 2.24) is 10.6 Å². The van der Waals surface area contributed by atoms with Crippen molar-refractivity contribution < 1.29 is 14.4 Å². The molecule has 1 aromatic rings. The molecule has 0 spiro atoms. The van der Waals surface area contributed by atoms with E-state index in [2.05, 4.69) is 15.8 Å². The molecule has 110 valence electrons. The number of nitrogens with zero attached hydrogens (tertiary/aromatic N) is 1. The number of hydrogen-bond acceptors (Lipinski definition) is 3. The number of unbranched alkanes of at least 4 members (excludes halogenated alkanes) is 1. The summed E-state index contributed by atoms with van der Waals surface area (Å²) in [7, 11) is 0. The number of amidine groups is 1.